The summed E-state index contributed by atoms with van der Waals surface area (Å²) in [5, 5.41) is 5.76. The number of ether oxygens (including phenoxy) is 2. The van der Waals surface area contributed by atoms with Gasteiger partial charge in [0.15, 0.2) is 0 Å². The first kappa shape index (κ1) is 30.2. The summed E-state index contributed by atoms with van der Waals surface area (Å²) in [6.45, 7) is 5.90. The topological polar surface area (TPSA) is 97.0 Å². The lowest BCUT2D eigenvalue weighted by molar-refractivity contribution is -0.274. The number of esters is 1. The van der Waals surface area contributed by atoms with E-state index < -0.39 is 24.0 Å². The number of halogens is 3. The maximum atomic E-state index is 13.1. The molecule has 1 heterocycles. The Balaban J connectivity index is 1.25. The Hall–Kier alpha value is -3.76. The number of nitrogens with zero attached hydrogens (tertiary/aromatic N) is 1. The Labute approximate surface area is 237 Å². The Morgan fingerprint density at radius 1 is 0.878 bits per heavy atom. The molecule has 41 heavy (non-hydrogen) atoms. The van der Waals surface area contributed by atoms with Crippen molar-refractivity contribution in [2.75, 3.05) is 11.9 Å². The largest absolute Gasteiger partial charge is 0.573 e. The third-order valence-electron chi connectivity index (χ3n) is 7.25. The number of hydrogen-bond donors (Lipinski definition) is 2. The summed E-state index contributed by atoms with van der Waals surface area (Å²) in [4.78, 5) is 39.7. The zero-order valence-corrected chi connectivity index (χ0v) is 23.4. The number of alkyl halides is 3. The van der Waals surface area contributed by atoms with Gasteiger partial charge >= 0.3 is 18.4 Å². The first-order valence-corrected chi connectivity index (χ1v) is 13.8. The molecule has 1 aliphatic carbocycles. The molecule has 2 aromatic rings. The van der Waals surface area contributed by atoms with Gasteiger partial charge in [-0.2, -0.15) is 0 Å². The van der Waals surface area contributed by atoms with E-state index >= 15 is 0 Å². The number of urea groups is 1. The Morgan fingerprint density at radius 2 is 1.51 bits per heavy atom. The molecule has 0 radical (unpaired) electrons. The van der Waals surface area contributed by atoms with Crippen LogP contribution in [0.15, 0.2) is 48.5 Å². The van der Waals surface area contributed by atoms with Crippen LogP contribution in [0.1, 0.15) is 81.1 Å². The summed E-state index contributed by atoms with van der Waals surface area (Å²) in [5.41, 5.74) is 1.41. The summed E-state index contributed by atoms with van der Waals surface area (Å²) in [6, 6.07) is 11.3. The van der Waals surface area contributed by atoms with Gasteiger partial charge in [-0.15, -0.1) is 13.2 Å². The molecule has 11 heteroatoms. The molecule has 2 aliphatic rings. The van der Waals surface area contributed by atoms with Crippen LogP contribution in [0.2, 0.25) is 0 Å². The molecule has 2 aromatic carbocycles. The zero-order valence-electron chi connectivity index (χ0n) is 23.4. The van der Waals surface area contributed by atoms with Crippen molar-refractivity contribution in [1.82, 2.24) is 10.2 Å². The van der Waals surface area contributed by atoms with E-state index in [1.54, 1.807) is 12.1 Å². The summed E-state index contributed by atoms with van der Waals surface area (Å²) >= 11 is 0. The van der Waals surface area contributed by atoms with E-state index in [2.05, 4.69) is 15.4 Å². The molecule has 0 spiro atoms. The second kappa shape index (κ2) is 12.4. The van der Waals surface area contributed by atoms with Gasteiger partial charge in [-0.25, -0.2) is 9.59 Å². The molecule has 1 saturated heterocycles. The van der Waals surface area contributed by atoms with Crippen LogP contribution in [0.3, 0.4) is 0 Å². The van der Waals surface area contributed by atoms with Gasteiger partial charge in [0.1, 0.15) is 17.4 Å². The van der Waals surface area contributed by atoms with E-state index in [0.29, 0.717) is 36.6 Å². The molecule has 1 aliphatic heterocycles. The second-order valence-corrected chi connectivity index (χ2v) is 11.5. The SMILES string of the molecule is CC(C)(C)OC(=O)c1ccc(C2CCC(NC(=O)[C@H]3CCCN3C(=O)Nc3ccc(OC(F)(F)F)cc3)CC2)cc1. The molecular weight excluding hydrogens is 539 g/mol. The number of rotatable bonds is 6. The number of amides is 3. The van der Waals surface area contributed by atoms with Crippen LogP contribution in [0.5, 0.6) is 5.75 Å². The minimum Gasteiger partial charge on any atom is -0.456 e. The lowest BCUT2D eigenvalue weighted by Gasteiger charge is -2.31. The van der Waals surface area contributed by atoms with Crippen molar-refractivity contribution in [2.24, 2.45) is 0 Å². The van der Waals surface area contributed by atoms with E-state index in [0.717, 1.165) is 43.4 Å². The highest BCUT2D eigenvalue weighted by atomic mass is 19.4. The van der Waals surface area contributed by atoms with Crippen molar-refractivity contribution in [1.29, 1.82) is 0 Å². The number of carbonyl (C=O) groups excluding carboxylic acids is 3. The molecule has 0 unspecified atom stereocenters. The second-order valence-electron chi connectivity index (χ2n) is 11.5. The highest BCUT2D eigenvalue weighted by molar-refractivity contribution is 5.94. The van der Waals surface area contributed by atoms with Gasteiger partial charge < -0.3 is 25.0 Å². The summed E-state index contributed by atoms with van der Waals surface area (Å²) in [6.07, 6.45) is -0.202. The number of carbonyl (C=O) groups is 3. The van der Waals surface area contributed by atoms with Crippen LogP contribution < -0.4 is 15.4 Å². The molecule has 1 saturated carbocycles. The van der Waals surface area contributed by atoms with E-state index in [4.69, 9.17) is 4.74 Å². The monoisotopic (exact) mass is 575 g/mol. The van der Waals surface area contributed by atoms with Crippen LogP contribution in [0, 0.1) is 0 Å². The van der Waals surface area contributed by atoms with Crippen molar-refractivity contribution < 1.29 is 37.0 Å². The standard InChI is InChI=1S/C30H36F3N3O5/c1-29(2,3)41-27(38)21-8-6-19(7-9-21)20-10-12-22(13-11-20)34-26(37)25-5-4-18-36(25)28(39)35-23-14-16-24(17-15-23)40-30(31,32)33/h6-9,14-17,20,22,25H,4-5,10-13,18H2,1-3H3,(H,34,37)(H,35,39)/t20?,22?,25-/m1/s1. The first-order chi connectivity index (χ1) is 19.3. The number of nitrogens with one attached hydrogen (secondary N) is 2. The number of hydrogen-bond acceptors (Lipinski definition) is 5. The van der Waals surface area contributed by atoms with Gasteiger partial charge in [-0.1, -0.05) is 12.1 Å². The van der Waals surface area contributed by atoms with Gasteiger partial charge in [0, 0.05) is 18.3 Å². The Kier molecular flexibility index (Phi) is 9.14. The summed E-state index contributed by atoms with van der Waals surface area (Å²) in [5.74, 6) is -0.603. The number of likely N-dealkylation sites (tertiary alicyclic amines) is 1. The first-order valence-electron chi connectivity index (χ1n) is 13.8. The lowest BCUT2D eigenvalue weighted by atomic mass is 9.81. The predicted molar refractivity (Wildman–Crippen MR) is 147 cm³/mol. The van der Waals surface area contributed by atoms with Crippen molar-refractivity contribution in [3.05, 3.63) is 59.7 Å². The summed E-state index contributed by atoms with van der Waals surface area (Å²) < 4.78 is 46.4. The maximum absolute atomic E-state index is 13.1. The predicted octanol–water partition coefficient (Wildman–Crippen LogP) is 6.38. The average Bonchev–Trinajstić information content (AvgIpc) is 3.39. The number of anilines is 1. The highest BCUT2D eigenvalue weighted by Gasteiger charge is 2.36. The molecule has 222 valence electrons. The van der Waals surface area contributed by atoms with E-state index in [9.17, 15) is 27.6 Å². The fraction of sp³-hybridized carbons (Fsp3) is 0.500. The molecule has 1 atom stereocenters. The highest BCUT2D eigenvalue weighted by Crippen LogP contribution is 2.33. The summed E-state index contributed by atoms with van der Waals surface area (Å²) in [7, 11) is 0. The molecule has 8 nitrogen and oxygen atoms in total. The van der Waals surface area contributed by atoms with Crippen LogP contribution in [-0.4, -0.2) is 53.4 Å². The van der Waals surface area contributed by atoms with E-state index in [1.807, 2.05) is 32.9 Å². The van der Waals surface area contributed by atoms with Gasteiger partial charge in [0.05, 0.1) is 5.56 Å². The minimum absolute atomic E-state index is 0.00600. The lowest BCUT2D eigenvalue weighted by Crippen LogP contribution is -2.50. The fourth-order valence-corrected chi connectivity index (χ4v) is 5.31. The Bertz CT molecular complexity index is 1220. The average molecular weight is 576 g/mol. The van der Waals surface area contributed by atoms with Crippen molar-refractivity contribution in [2.45, 2.75) is 89.3 Å². The fourth-order valence-electron chi connectivity index (χ4n) is 5.31. The van der Waals surface area contributed by atoms with Crippen LogP contribution in [0.4, 0.5) is 23.7 Å². The molecular formula is C30H36F3N3O5. The molecule has 0 aromatic heterocycles. The van der Waals surface area contributed by atoms with Crippen LogP contribution in [-0.2, 0) is 9.53 Å². The zero-order chi connectivity index (χ0) is 29.8. The quantitative estimate of drug-likeness (QED) is 0.390. The molecule has 3 amide bonds. The van der Waals surface area contributed by atoms with Crippen molar-refractivity contribution in [3.8, 4) is 5.75 Å². The van der Waals surface area contributed by atoms with Crippen LogP contribution >= 0.6 is 0 Å². The minimum atomic E-state index is -4.80. The van der Waals surface area contributed by atoms with Gasteiger partial charge in [0.25, 0.3) is 0 Å². The van der Waals surface area contributed by atoms with E-state index in [-0.39, 0.29) is 23.7 Å². The third kappa shape index (κ3) is 8.61. The molecule has 2 fully saturated rings. The van der Waals surface area contributed by atoms with Crippen molar-refractivity contribution >= 4 is 23.6 Å². The number of benzene rings is 2. The smallest absolute Gasteiger partial charge is 0.456 e. The van der Waals surface area contributed by atoms with Crippen LogP contribution in [0.25, 0.3) is 0 Å². The van der Waals surface area contributed by atoms with Gasteiger partial charge in [-0.3, -0.25) is 4.79 Å². The third-order valence-corrected chi connectivity index (χ3v) is 7.25. The van der Waals surface area contributed by atoms with Gasteiger partial charge in [0.2, 0.25) is 5.91 Å². The van der Waals surface area contributed by atoms with Crippen molar-refractivity contribution in [3.63, 3.8) is 0 Å². The molecule has 4 rings (SSSR count). The maximum Gasteiger partial charge on any atom is 0.573 e. The molecule has 0 bridgehead atoms. The van der Waals surface area contributed by atoms with Gasteiger partial charge in [-0.05, 0) is 107 Å². The molecule has 2 N–H and O–H groups in total. The normalized spacial score (nSPS) is 21.2. The van der Waals surface area contributed by atoms with E-state index in [1.165, 1.54) is 17.0 Å². The Morgan fingerprint density at radius 3 is 2.10 bits per heavy atom.